The van der Waals surface area contributed by atoms with Crippen molar-refractivity contribution in [3.05, 3.63) is 83.9 Å². The van der Waals surface area contributed by atoms with Crippen molar-refractivity contribution in [2.24, 2.45) is 0 Å². The molecule has 1 aliphatic rings. The standard InChI is InChI=1S/C34H42N4O6/c1-35-32(40)29(20-24-11-5-4-6-12-24)37(3)33(41)30(21-25-16-17-26-13-7-8-14-27(26)19-25)36(2)31(39)23-44-22-28-15-9-10-18-38(28)34(42)43/h4-8,11-14,16-17,19,28-30H,9-10,15,18,20-23H2,1-3H3,(H,35,40)(H,42,43). The number of ether oxygens (including phenoxy) is 1. The number of nitrogens with zero attached hydrogens (tertiary/aromatic N) is 3. The van der Waals surface area contributed by atoms with Crippen LogP contribution in [0.15, 0.2) is 72.8 Å². The Morgan fingerprint density at radius 2 is 1.57 bits per heavy atom. The van der Waals surface area contributed by atoms with Gasteiger partial charge in [0, 0.05) is 40.5 Å². The summed E-state index contributed by atoms with van der Waals surface area (Å²) in [5.41, 5.74) is 1.78. The van der Waals surface area contributed by atoms with E-state index in [1.807, 2.05) is 72.8 Å². The van der Waals surface area contributed by atoms with Crippen molar-refractivity contribution in [2.75, 3.05) is 40.9 Å². The Bertz CT molecular complexity index is 1450. The average molecular weight is 603 g/mol. The molecule has 3 aromatic rings. The molecule has 10 heteroatoms. The molecule has 234 valence electrons. The van der Waals surface area contributed by atoms with Gasteiger partial charge >= 0.3 is 6.09 Å². The zero-order valence-corrected chi connectivity index (χ0v) is 25.6. The topological polar surface area (TPSA) is 119 Å². The van der Waals surface area contributed by atoms with Gasteiger partial charge in [-0.15, -0.1) is 0 Å². The highest BCUT2D eigenvalue weighted by atomic mass is 16.5. The Morgan fingerprint density at radius 1 is 0.886 bits per heavy atom. The van der Waals surface area contributed by atoms with E-state index in [0.717, 1.165) is 34.7 Å². The third-order valence-corrected chi connectivity index (χ3v) is 8.43. The lowest BCUT2D eigenvalue weighted by atomic mass is 9.98. The molecule has 2 N–H and O–H groups in total. The van der Waals surface area contributed by atoms with Crippen molar-refractivity contribution in [3.8, 4) is 0 Å². The monoisotopic (exact) mass is 602 g/mol. The Kier molecular flexibility index (Phi) is 11.3. The van der Waals surface area contributed by atoms with Crippen LogP contribution in [0.25, 0.3) is 10.8 Å². The lowest BCUT2D eigenvalue weighted by Crippen LogP contribution is -2.56. The van der Waals surface area contributed by atoms with Gasteiger partial charge in [0.15, 0.2) is 0 Å². The summed E-state index contributed by atoms with van der Waals surface area (Å²) < 4.78 is 5.73. The molecule has 10 nitrogen and oxygen atoms in total. The molecule has 0 bridgehead atoms. The van der Waals surface area contributed by atoms with Crippen molar-refractivity contribution in [2.45, 2.75) is 50.2 Å². The minimum Gasteiger partial charge on any atom is -0.465 e. The van der Waals surface area contributed by atoms with Gasteiger partial charge in [-0.05, 0) is 41.2 Å². The van der Waals surface area contributed by atoms with Gasteiger partial charge in [-0.2, -0.15) is 0 Å². The van der Waals surface area contributed by atoms with Crippen LogP contribution in [-0.4, -0.2) is 103 Å². The molecule has 3 unspecified atom stereocenters. The van der Waals surface area contributed by atoms with Gasteiger partial charge in [0.1, 0.15) is 18.7 Å². The predicted octanol–water partition coefficient (Wildman–Crippen LogP) is 3.57. The minimum atomic E-state index is -0.994. The summed E-state index contributed by atoms with van der Waals surface area (Å²) in [6.07, 6.45) is 1.93. The van der Waals surface area contributed by atoms with Crippen LogP contribution in [0, 0.1) is 0 Å². The molecule has 0 radical (unpaired) electrons. The van der Waals surface area contributed by atoms with Gasteiger partial charge in [0.05, 0.1) is 12.6 Å². The van der Waals surface area contributed by atoms with Crippen LogP contribution < -0.4 is 5.32 Å². The number of likely N-dealkylation sites (N-methyl/N-ethyl adjacent to an activating group) is 3. The van der Waals surface area contributed by atoms with E-state index in [1.165, 1.54) is 21.7 Å². The van der Waals surface area contributed by atoms with Crippen LogP contribution in [0.5, 0.6) is 0 Å². The number of benzene rings is 3. The molecular formula is C34H42N4O6. The van der Waals surface area contributed by atoms with Crippen molar-refractivity contribution in [3.63, 3.8) is 0 Å². The number of rotatable bonds is 12. The number of piperidine rings is 1. The first-order chi connectivity index (χ1) is 21.2. The fourth-order valence-corrected chi connectivity index (χ4v) is 5.76. The predicted molar refractivity (Wildman–Crippen MR) is 168 cm³/mol. The van der Waals surface area contributed by atoms with Crippen molar-refractivity contribution in [1.29, 1.82) is 0 Å². The van der Waals surface area contributed by atoms with E-state index in [4.69, 9.17) is 4.74 Å². The van der Waals surface area contributed by atoms with E-state index in [0.29, 0.717) is 19.4 Å². The van der Waals surface area contributed by atoms with Crippen molar-refractivity contribution in [1.82, 2.24) is 20.0 Å². The third kappa shape index (κ3) is 8.13. The van der Waals surface area contributed by atoms with Crippen LogP contribution in [0.3, 0.4) is 0 Å². The maximum absolute atomic E-state index is 14.2. The van der Waals surface area contributed by atoms with E-state index < -0.39 is 24.1 Å². The Hall–Kier alpha value is -4.44. The fourth-order valence-electron chi connectivity index (χ4n) is 5.76. The normalized spacial score (nSPS) is 16.2. The number of nitrogens with one attached hydrogen (secondary N) is 1. The van der Waals surface area contributed by atoms with Crippen molar-refractivity contribution >= 4 is 34.6 Å². The number of fused-ring (bicyclic) bond motifs is 1. The summed E-state index contributed by atoms with van der Waals surface area (Å²) in [6.45, 7) is 0.251. The maximum Gasteiger partial charge on any atom is 0.407 e. The van der Waals surface area contributed by atoms with Gasteiger partial charge in [-0.3, -0.25) is 14.4 Å². The highest BCUT2D eigenvalue weighted by Crippen LogP contribution is 2.21. The largest absolute Gasteiger partial charge is 0.465 e. The molecule has 1 fully saturated rings. The molecule has 0 aliphatic carbocycles. The molecule has 0 spiro atoms. The zero-order chi connectivity index (χ0) is 31.6. The highest BCUT2D eigenvalue weighted by molar-refractivity contribution is 5.92. The summed E-state index contributed by atoms with van der Waals surface area (Å²) in [4.78, 5) is 56.4. The number of hydrogen-bond acceptors (Lipinski definition) is 5. The van der Waals surface area contributed by atoms with E-state index in [2.05, 4.69) is 5.32 Å². The molecule has 3 atom stereocenters. The first-order valence-corrected chi connectivity index (χ1v) is 15.0. The molecule has 4 amide bonds. The number of hydrogen-bond donors (Lipinski definition) is 2. The lowest BCUT2D eigenvalue weighted by Gasteiger charge is -2.35. The van der Waals surface area contributed by atoms with Crippen LogP contribution in [0.4, 0.5) is 4.79 Å². The van der Waals surface area contributed by atoms with E-state index in [-0.39, 0.29) is 37.5 Å². The molecule has 0 saturated carbocycles. The lowest BCUT2D eigenvalue weighted by molar-refractivity contribution is -0.149. The van der Waals surface area contributed by atoms with Gasteiger partial charge in [0.2, 0.25) is 17.7 Å². The molecular weight excluding hydrogens is 560 g/mol. The van der Waals surface area contributed by atoms with Crippen LogP contribution in [0.1, 0.15) is 30.4 Å². The number of carbonyl (C=O) groups is 4. The third-order valence-electron chi connectivity index (χ3n) is 8.43. The molecule has 1 aliphatic heterocycles. The summed E-state index contributed by atoms with van der Waals surface area (Å²) >= 11 is 0. The fraction of sp³-hybridized carbons (Fsp3) is 0.412. The molecule has 4 rings (SSSR count). The maximum atomic E-state index is 14.2. The Labute approximate surface area is 258 Å². The average Bonchev–Trinajstić information content (AvgIpc) is 3.05. The first kappa shape index (κ1) is 32.5. The second kappa shape index (κ2) is 15.3. The number of likely N-dealkylation sites (tertiary alicyclic amines) is 1. The second-order valence-corrected chi connectivity index (χ2v) is 11.3. The highest BCUT2D eigenvalue weighted by Gasteiger charge is 2.35. The van der Waals surface area contributed by atoms with Crippen LogP contribution in [-0.2, 0) is 32.0 Å². The minimum absolute atomic E-state index is 0.102. The molecule has 0 aromatic heterocycles. The van der Waals surface area contributed by atoms with Crippen molar-refractivity contribution < 1.29 is 29.0 Å². The summed E-state index contributed by atoms with van der Waals surface area (Å²) in [6, 6.07) is 21.3. The van der Waals surface area contributed by atoms with E-state index in [1.54, 1.807) is 14.1 Å². The summed E-state index contributed by atoms with van der Waals surface area (Å²) in [5, 5.41) is 14.3. The summed E-state index contributed by atoms with van der Waals surface area (Å²) in [7, 11) is 4.70. The van der Waals surface area contributed by atoms with Gasteiger partial charge in [-0.25, -0.2) is 4.79 Å². The smallest absolute Gasteiger partial charge is 0.407 e. The Morgan fingerprint density at radius 3 is 2.27 bits per heavy atom. The molecule has 3 aromatic carbocycles. The first-order valence-electron chi connectivity index (χ1n) is 15.0. The number of carboxylic acid groups (broad SMARTS) is 1. The van der Waals surface area contributed by atoms with Crippen LogP contribution >= 0.6 is 0 Å². The molecule has 44 heavy (non-hydrogen) atoms. The second-order valence-electron chi connectivity index (χ2n) is 11.3. The molecule has 1 heterocycles. The quantitative estimate of drug-likeness (QED) is 0.327. The number of carbonyl (C=O) groups excluding carboxylic acids is 3. The van der Waals surface area contributed by atoms with E-state index in [9.17, 15) is 24.3 Å². The Balaban J connectivity index is 1.54. The van der Waals surface area contributed by atoms with Gasteiger partial charge in [0.25, 0.3) is 0 Å². The molecule has 1 saturated heterocycles. The SMILES string of the molecule is CNC(=O)C(Cc1ccccc1)N(C)C(=O)C(Cc1ccc2ccccc2c1)N(C)C(=O)COCC1CCCCN1C(=O)O. The number of amides is 4. The van der Waals surface area contributed by atoms with Gasteiger partial charge < -0.3 is 29.9 Å². The summed E-state index contributed by atoms with van der Waals surface area (Å²) in [5.74, 6) is -1.08. The van der Waals surface area contributed by atoms with Crippen LogP contribution in [0.2, 0.25) is 0 Å². The van der Waals surface area contributed by atoms with E-state index >= 15 is 0 Å². The van der Waals surface area contributed by atoms with Gasteiger partial charge in [-0.1, -0.05) is 72.8 Å². The zero-order valence-electron chi connectivity index (χ0n) is 25.6.